The highest BCUT2D eigenvalue weighted by Crippen LogP contribution is 2.22. The van der Waals surface area contributed by atoms with Crippen molar-refractivity contribution in [1.29, 1.82) is 0 Å². The number of rotatable bonds is 6. The second kappa shape index (κ2) is 8.97. The third kappa shape index (κ3) is 4.30. The molecule has 1 N–H and O–H groups in total. The molecule has 0 aliphatic rings. The van der Waals surface area contributed by atoms with Crippen molar-refractivity contribution in [3.8, 4) is 5.75 Å². The lowest BCUT2D eigenvalue weighted by Gasteiger charge is -2.13. The molecule has 164 valence electrons. The number of thiophene rings is 1. The number of ether oxygens (including phenoxy) is 1. The second-order valence-corrected chi connectivity index (χ2v) is 8.24. The Labute approximate surface area is 190 Å². The van der Waals surface area contributed by atoms with Crippen LogP contribution in [0.1, 0.15) is 5.56 Å². The Morgan fingerprint density at radius 1 is 1.16 bits per heavy atom. The molecule has 2 aromatic carbocycles. The summed E-state index contributed by atoms with van der Waals surface area (Å²) in [5.74, 6) is -0.475. The fourth-order valence-corrected chi connectivity index (χ4v) is 4.36. The molecule has 0 aliphatic heterocycles. The fraction of sp³-hybridized carbons (Fsp3) is 0.136. The van der Waals surface area contributed by atoms with E-state index in [4.69, 9.17) is 16.3 Å². The maximum atomic E-state index is 13.3. The molecule has 0 radical (unpaired) electrons. The number of halogens is 2. The number of carbonyl (C=O) groups is 1. The van der Waals surface area contributed by atoms with Crippen LogP contribution in [0.5, 0.6) is 5.75 Å². The Bertz CT molecular complexity index is 1440. The van der Waals surface area contributed by atoms with Crippen molar-refractivity contribution in [3.05, 3.63) is 91.2 Å². The summed E-state index contributed by atoms with van der Waals surface area (Å²) in [4.78, 5) is 38.8. The molecule has 0 saturated heterocycles. The predicted octanol–water partition coefficient (Wildman–Crippen LogP) is 3.71. The monoisotopic (exact) mass is 473 g/mol. The van der Waals surface area contributed by atoms with Crippen molar-refractivity contribution in [2.75, 3.05) is 12.4 Å². The number of aromatic nitrogens is 2. The van der Waals surface area contributed by atoms with Gasteiger partial charge in [0.2, 0.25) is 5.91 Å². The lowest BCUT2D eigenvalue weighted by molar-refractivity contribution is -0.116. The molecule has 0 saturated carbocycles. The largest absolute Gasteiger partial charge is 0.497 e. The van der Waals surface area contributed by atoms with E-state index < -0.39 is 23.0 Å². The van der Waals surface area contributed by atoms with Gasteiger partial charge in [0.05, 0.1) is 29.9 Å². The summed E-state index contributed by atoms with van der Waals surface area (Å²) in [6, 6.07) is 12.2. The Kier molecular flexibility index (Phi) is 6.11. The van der Waals surface area contributed by atoms with Crippen LogP contribution >= 0.6 is 22.9 Å². The molecular weight excluding hydrogens is 457 g/mol. The first-order valence-corrected chi connectivity index (χ1v) is 10.7. The molecule has 0 fully saturated rings. The van der Waals surface area contributed by atoms with Crippen LogP contribution in [-0.2, 0) is 17.9 Å². The van der Waals surface area contributed by atoms with Gasteiger partial charge in [-0.25, -0.2) is 9.18 Å². The molecule has 0 spiro atoms. The van der Waals surface area contributed by atoms with Gasteiger partial charge >= 0.3 is 5.69 Å². The first-order valence-electron chi connectivity index (χ1n) is 9.46. The summed E-state index contributed by atoms with van der Waals surface area (Å²) in [6.45, 7) is -0.327. The molecule has 4 rings (SSSR count). The number of hydrogen-bond donors (Lipinski definition) is 1. The molecule has 7 nitrogen and oxygen atoms in total. The van der Waals surface area contributed by atoms with Gasteiger partial charge in [-0.15, -0.1) is 11.3 Å². The van der Waals surface area contributed by atoms with E-state index in [-0.39, 0.29) is 23.8 Å². The predicted molar refractivity (Wildman–Crippen MR) is 122 cm³/mol. The van der Waals surface area contributed by atoms with Crippen molar-refractivity contribution in [2.45, 2.75) is 13.1 Å². The van der Waals surface area contributed by atoms with Crippen LogP contribution < -0.4 is 21.3 Å². The SMILES string of the molecule is COc1cccc(Cn2c(=O)c3sccc3n(CC(=O)Nc3ccc(F)cc3Cl)c2=O)c1. The van der Waals surface area contributed by atoms with E-state index >= 15 is 0 Å². The Hall–Kier alpha value is -3.43. The highest BCUT2D eigenvalue weighted by Gasteiger charge is 2.17. The van der Waals surface area contributed by atoms with Crippen LogP contribution in [0.3, 0.4) is 0 Å². The summed E-state index contributed by atoms with van der Waals surface area (Å²) < 4.78 is 21.1. The van der Waals surface area contributed by atoms with Crippen LogP contribution in [0, 0.1) is 5.82 Å². The number of hydrogen-bond acceptors (Lipinski definition) is 5. The van der Waals surface area contributed by atoms with E-state index in [2.05, 4.69) is 5.32 Å². The minimum atomic E-state index is -0.621. The molecule has 0 bridgehead atoms. The van der Waals surface area contributed by atoms with Gasteiger partial charge < -0.3 is 10.1 Å². The van der Waals surface area contributed by atoms with E-state index in [0.29, 0.717) is 21.5 Å². The summed E-state index contributed by atoms with van der Waals surface area (Å²) in [5, 5.41) is 4.29. The molecule has 32 heavy (non-hydrogen) atoms. The van der Waals surface area contributed by atoms with Crippen LogP contribution in [-0.4, -0.2) is 22.2 Å². The molecule has 10 heteroatoms. The number of carbonyl (C=O) groups excluding carboxylic acids is 1. The fourth-order valence-electron chi connectivity index (χ4n) is 3.30. The van der Waals surface area contributed by atoms with Crippen LogP contribution in [0.4, 0.5) is 10.1 Å². The smallest absolute Gasteiger partial charge is 0.332 e. The highest BCUT2D eigenvalue weighted by molar-refractivity contribution is 7.17. The molecule has 0 aliphatic carbocycles. The highest BCUT2D eigenvalue weighted by atomic mass is 35.5. The summed E-state index contributed by atoms with van der Waals surface area (Å²) in [5.41, 5.74) is 0.239. The third-order valence-corrected chi connectivity index (χ3v) is 6.02. The molecule has 2 aromatic heterocycles. The van der Waals surface area contributed by atoms with E-state index in [9.17, 15) is 18.8 Å². The summed E-state index contributed by atoms with van der Waals surface area (Å²) in [6.07, 6.45) is 0. The molecular formula is C22H17ClFN3O4S. The van der Waals surface area contributed by atoms with E-state index in [0.717, 1.165) is 10.6 Å². The lowest BCUT2D eigenvalue weighted by Crippen LogP contribution is -2.41. The van der Waals surface area contributed by atoms with Crippen molar-refractivity contribution in [3.63, 3.8) is 0 Å². The van der Waals surface area contributed by atoms with Crippen LogP contribution in [0.25, 0.3) is 10.2 Å². The number of nitrogens with one attached hydrogen (secondary N) is 1. The lowest BCUT2D eigenvalue weighted by atomic mass is 10.2. The van der Waals surface area contributed by atoms with Crippen molar-refractivity contribution >= 4 is 44.7 Å². The average Bonchev–Trinajstić information content (AvgIpc) is 3.26. The van der Waals surface area contributed by atoms with Crippen molar-refractivity contribution < 1.29 is 13.9 Å². The molecule has 0 unspecified atom stereocenters. The number of benzene rings is 2. The minimum absolute atomic E-state index is 0.0219. The first-order chi connectivity index (χ1) is 15.4. The number of nitrogens with zero attached hydrogens (tertiary/aromatic N) is 2. The van der Waals surface area contributed by atoms with Gasteiger partial charge in [0.15, 0.2) is 0 Å². The van der Waals surface area contributed by atoms with Gasteiger partial charge in [0, 0.05) is 0 Å². The second-order valence-electron chi connectivity index (χ2n) is 6.92. The Balaban J connectivity index is 1.71. The van der Waals surface area contributed by atoms with E-state index in [1.165, 1.54) is 35.1 Å². The molecule has 1 amide bonds. The zero-order chi connectivity index (χ0) is 22.8. The minimum Gasteiger partial charge on any atom is -0.497 e. The van der Waals surface area contributed by atoms with Gasteiger partial charge in [-0.05, 0) is 47.3 Å². The Morgan fingerprint density at radius 3 is 2.72 bits per heavy atom. The quantitative estimate of drug-likeness (QED) is 0.463. The molecule has 0 atom stereocenters. The van der Waals surface area contributed by atoms with Gasteiger partial charge in [-0.1, -0.05) is 23.7 Å². The standard InChI is InChI=1S/C22H17ClFN3O4S/c1-31-15-4-2-3-13(9-15)11-27-21(29)20-18(7-8-32-20)26(22(27)30)12-19(28)25-17-6-5-14(24)10-16(17)23/h2-10H,11-12H2,1H3,(H,25,28). The summed E-state index contributed by atoms with van der Waals surface area (Å²) in [7, 11) is 1.53. The van der Waals surface area contributed by atoms with Crippen molar-refractivity contribution in [2.24, 2.45) is 0 Å². The van der Waals surface area contributed by atoms with Crippen molar-refractivity contribution in [1.82, 2.24) is 9.13 Å². The van der Waals surface area contributed by atoms with Crippen LogP contribution in [0.15, 0.2) is 63.5 Å². The normalized spacial score (nSPS) is 11.0. The Morgan fingerprint density at radius 2 is 1.97 bits per heavy atom. The molecule has 2 heterocycles. The van der Waals surface area contributed by atoms with E-state index in [1.807, 2.05) is 0 Å². The van der Waals surface area contributed by atoms with E-state index in [1.54, 1.807) is 35.7 Å². The maximum absolute atomic E-state index is 13.3. The zero-order valence-electron chi connectivity index (χ0n) is 16.8. The molecule has 4 aromatic rings. The number of fused-ring (bicyclic) bond motifs is 1. The summed E-state index contributed by atoms with van der Waals surface area (Å²) >= 11 is 7.16. The van der Waals surface area contributed by atoms with Gasteiger partial charge in [-0.3, -0.25) is 18.7 Å². The number of amides is 1. The third-order valence-electron chi connectivity index (χ3n) is 4.82. The first kappa shape index (κ1) is 21.8. The van der Waals surface area contributed by atoms with Gasteiger partial charge in [0.1, 0.15) is 22.8 Å². The average molecular weight is 474 g/mol. The van der Waals surface area contributed by atoms with Gasteiger partial charge in [0.25, 0.3) is 5.56 Å². The number of anilines is 1. The zero-order valence-corrected chi connectivity index (χ0v) is 18.4. The van der Waals surface area contributed by atoms with Gasteiger partial charge in [-0.2, -0.15) is 0 Å². The van der Waals surface area contributed by atoms with Crippen LogP contribution in [0.2, 0.25) is 5.02 Å². The maximum Gasteiger partial charge on any atom is 0.332 e. The number of methoxy groups -OCH3 is 1. The topological polar surface area (TPSA) is 82.3 Å².